The zero-order valence-electron chi connectivity index (χ0n) is 6.43. The van der Waals surface area contributed by atoms with Crippen molar-refractivity contribution < 1.29 is 18.3 Å². The molecule has 1 aliphatic heterocycles. The van der Waals surface area contributed by atoms with Crippen molar-refractivity contribution in [2.45, 2.75) is 12.5 Å². The van der Waals surface area contributed by atoms with Gasteiger partial charge in [-0.15, -0.1) is 0 Å². The highest BCUT2D eigenvalue weighted by atomic mass is 32.2. The smallest absolute Gasteiger partial charge is 0.320 e. The second kappa shape index (κ2) is 3.02. The van der Waals surface area contributed by atoms with Crippen LogP contribution in [0, 0.1) is 5.92 Å². The lowest BCUT2D eigenvalue weighted by molar-refractivity contribution is -0.138. The molecular weight excluding hydrogens is 182 g/mol. The van der Waals surface area contributed by atoms with E-state index in [0.717, 1.165) is 0 Å². The molecule has 1 rings (SSSR count). The Hall–Kier alpha value is -0.620. The highest BCUT2D eigenvalue weighted by molar-refractivity contribution is 7.92. The molecule has 0 bridgehead atoms. The number of carboxylic acid groups (broad SMARTS) is 1. The molecule has 0 aromatic carbocycles. The molecule has 6 heteroatoms. The van der Waals surface area contributed by atoms with Crippen LogP contribution in [0.5, 0.6) is 0 Å². The van der Waals surface area contributed by atoms with Crippen molar-refractivity contribution in [2.75, 3.05) is 11.5 Å². The van der Waals surface area contributed by atoms with Crippen molar-refractivity contribution in [3.63, 3.8) is 0 Å². The van der Waals surface area contributed by atoms with Crippen LogP contribution in [0.25, 0.3) is 0 Å². The van der Waals surface area contributed by atoms with Crippen molar-refractivity contribution in [1.29, 1.82) is 0 Å². The largest absolute Gasteiger partial charge is 0.480 e. The molecule has 12 heavy (non-hydrogen) atoms. The number of hydrogen-bond donors (Lipinski definition) is 2. The van der Waals surface area contributed by atoms with Crippen LogP contribution < -0.4 is 5.73 Å². The van der Waals surface area contributed by atoms with E-state index < -0.39 is 21.8 Å². The van der Waals surface area contributed by atoms with E-state index in [1.54, 1.807) is 0 Å². The van der Waals surface area contributed by atoms with Crippen LogP contribution in [0.2, 0.25) is 0 Å². The quantitative estimate of drug-likeness (QED) is 0.588. The van der Waals surface area contributed by atoms with Gasteiger partial charge in [-0.25, -0.2) is 8.42 Å². The highest BCUT2D eigenvalue weighted by Crippen LogP contribution is 2.22. The van der Waals surface area contributed by atoms with Crippen LogP contribution in [0.1, 0.15) is 6.42 Å². The molecule has 0 aliphatic carbocycles. The summed E-state index contributed by atoms with van der Waals surface area (Å²) >= 11 is 0. The lowest BCUT2D eigenvalue weighted by Crippen LogP contribution is -2.42. The molecule has 0 aromatic heterocycles. The number of rotatable bonds is 3. The normalized spacial score (nSPS) is 24.4. The summed E-state index contributed by atoms with van der Waals surface area (Å²) in [6, 6.07) is -0.925. The molecule has 5 nitrogen and oxygen atoms in total. The van der Waals surface area contributed by atoms with Gasteiger partial charge in [-0.3, -0.25) is 4.79 Å². The van der Waals surface area contributed by atoms with Crippen molar-refractivity contribution in [3.8, 4) is 0 Å². The van der Waals surface area contributed by atoms with E-state index >= 15 is 0 Å². The van der Waals surface area contributed by atoms with Crippen LogP contribution in [0.3, 0.4) is 0 Å². The average Bonchev–Trinajstić information content (AvgIpc) is 1.83. The van der Waals surface area contributed by atoms with Gasteiger partial charge >= 0.3 is 5.97 Å². The van der Waals surface area contributed by atoms with Gasteiger partial charge in [0.15, 0.2) is 9.84 Å². The van der Waals surface area contributed by atoms with Crippen molar-refractivity contribution in [2.24, 2.45) is 11.7 Å². The van der Waals surface area contributed by atoms with Gasteiger partial charge < -0.3 is 10.8 Å². The molecule has 0 radical (unpaired) electrons. The second-order valence-corrected chi connectivity index (χ2v) is 5.28. The minimum absolute atomic E-state index is 0.0545. The van der Waals surface area contributed by atoms with E-state index in [2.05, 4.69) is 0 Å². The summed E-state index contributed by atoms with van der Waals surface area (Å²) in [5.74, 6) is -0.942. The third-order valence-corrected chi connectivity index (χ3v) is 3.84. The van der Waals surface area contributed by atoms with Gasteiger partial charge in [-0.2, -0.15) is 0 Å². The number of carbonyl (C=O) groups is 1. The van der Waals surface area contributed by atoms with Gasteiger partial charge in [0.1, 0.15) is 6.04 Å². The Morgan fingerprint density at radius 2 is 2.08 bits per heavy atom. The molecule has 0 amide bonds. The van der Waals surface area contributed by atoms with Gasteiger partial charge in [0.2, 0.25) is 0 Å². The summed E-state index contributed by atoms with van der Waals surface area (Å²) < 4.78 is 21.3. The number of aliphatic carboxylic acids is 1. The summed E-state index contributed by atoms with van der Waals surface area (Å²) in [7, 11) is -2.85. The first-order valence-corrected chi connectivity index (χ1v) is 5.41. The first kappa shape index (κ1) is 9.47. The lowest BCUT2D eigenvalue weighted by atomic mass is 10.0. The highest BCUT2D eigenvalue weighted by Gasteiger charge is 2.35. The molecule has 0 unspecified atom stereocenters. The van der Waals surface area contributed by atoms with Gasteiger partial charge in [0.05, 0.1) is 11.5 Å². The molecule has 1 atom stereocenters. The first-order chi connectivity index (χ1) is 5.41. The number of nitrogens with two attached hydrogens (primary N) is 1. The van der Waals surface area contributed by atoms with Gasteiger partial charge in [0.25, 0.3) is 0 Å². The molecule has 0 saturated carbocycles. The SMILES string of the molecule is N[C@@H](CC1CS(=O)(=O)C1)C(=O)O. The maximum absolute atomic E-state index is 10.7. The van der Waals surface area contributed by atoms with E-state index in [0.29, 0.717) is 0 Å². The minimum Gasteiger partial charge on any atom is -0.480 e. The third-order valence-electron chi connectivity index (χ3n) is 1.88. The maximum Gasteiger partial charge on any atom is 0.320 e. The molecule has 1 heterocycles. The molecule has 0 aromatic rings. The molecule has 1 fully saturated rings. The Labute approximate surface area is 70.5 Å². The Kier molecular flexibility index (Phi) is 2.39. The van der Waals surface area contributed by atoms with Crippen LogP contribution in [0.4, 0.5) is 0 Å². The Balaban J connectivity index is 2.32. The fraction of sp³-hybridized carbons (Fsp3) is 0.833. The van der Waals surface area contributed by atoms with E-state index in [1.165, 1.54) is 0 Å². The molecule has 70 valence electrons. The summed E-state index contributed by atoms with van der Waals surface area (Å²) in [5.41, 5.74) is 5.22. The average molecular weight is 193 g/mol. The van der Waals surface area contributed by atoms with Crippen LogP contribution in [-0.4, -0.2) is 37.0 Å². The van der Waals surface area contributed by atoms with Gasteiger partial charge in [-0.1, -0.05) is 0 Å². The van der Waals surface area contributed by atoms with E-state index in [1.807, 2.05) is 0 Å². The number of carboxylic acids is 1. The monoisotopic (exact) mass is 193 g/mol. The number of sulfone groups is 1. The summed E-state index contributed by atoms with van der Waals surface area (Å²) in [5, 5.41) is 8.41. The fourth-order valence-corrected chi connectivity index (χ4v) is 2.88. The van der Waals surface area contributed by atoms with Crippen molar-refractivity contribution in [1.82, 2.24) is 0 Å². The molecular formula is C6H11NO4S. The molecule has 0 spiro atoms. The minimum atomic E-state index is -2.85. The van der Waals surface area contributed by atoms with E-state index in [4.69, 9.17) is 10.8 Å². The first-order valence-electron chi connectivity index (χ1n) is 3.59. The maximum atomic E-state index is 10.7. The third kappa shape index (κ3) is 2.18. The standard InChI is InChI=1S/C6H11NO4S/c7-5(6(8)9)1-4-2-12(10,11)3-4/h4-5H,1-3,7H2,(H,8,9)/t5-/m0/s1. The topological polar surface area (TPSA) is 97.5 Å². The van der Waals surface area contributed by atoms with Crippen LogP contribution >= 0.6 is 0 Å². The zero-order valence-corrected chi connectivity index (χ0v) is 7.25. The summed E-state index contributed by atoms with van der Waals surface area (Å²) in [6.45, 7) is 0. The van der Waals surface area contributed by atoms with Crippen LogP contribution in [0.15, 0.2) is 0 Å². The Bertz CT molecular complexity index is 272. The summed E-state index contributed by atoms with van der Waals surface area (Å²) in [6.07, 6.45) is 0.258. The van der Waals surface area contributed by atoms with Crippen molar-refractivity contribution in [3.05, 3.63) is 0 Å². The molecule has 3 N–H and O–H groups in total. The van der Waals surface area contributed by atoms with Gasteiger partial charge in [-0.05, 0) is 12.3 Å². The summed E-state index contributed by atoms with van der Waals surface area (Å²) in [4.78, 5) is 10.3. The molecule has 1 saturated heterocycles. The van der Waals surface area contributed by atoms with Crippen LogP contribution in [-0.2, 0) is 14.6 Å². The lowest BCUT2D eigenvalue weighted by Gasteiger charge is -2.26. The van der Waals surface area contributed by atoms with Gasteiger partial charge in [0, 0.05) is 0 Å². The second-order valence-electron chi connectivity index (χ2n) is 3.12. The predicted octanol–water partition coefficient (Wildman–Crippen LogP) is -1.17. The zero-order chi connectivity index (χ0) is 9.35. The Morgan fingerprint density at radius 3 is 2.42 bits per heavy atom. The number of hydrogen-bond acceptors (Lipinski definition) is 4. The Morgan fingerprint density at radius 1 is 1.58 bits per heavy atom. The van der Waals surface area contributed by atoms with Crippen molar-refractivity contribution >= 4 is 15.8 Å². The van der Waals surface area contributed by atoms with E-state index in [9.17, 15) is 13.2 Å². The van der Waals surface area contributed by atoms with E-state index in [-0.39, 0.29) is 23.8 Å². The predicted molar refractivity (Wildman–Crippen MR) is 42.4 cm³/mol. The fourth-order valence-electron chi connectivity index (χ4n) is 1.27. The molecule has 1 aliphatic rings.